The lowest BCUT2D eigenvalue weighted by atomic mass is 9.80. The number of aromatic nitrogens is 1. The van der Waals surface area contributed by atoms with E-state index in [0.29, 0.717) is 30.3 Å². The molecule has 10 heteroatoms. The fourth-order valence-electron chi connectivity index (χ4n) is 4.59. The van der Waals surface area contributed by atoms with E-state index in [1.165, 1.54) is 13.8 Å². The molecule has 196 valence electrons. The molecule has 38 heavy (non-hydrogen) atoms. The second-order valence-electron chi connectivity index (χ2n) is 9.34. The Morgan fingerprint density at radius 1 is 0.974 bits per heavy atom. The minimum Gasteiger partial charge on any atom is -0.487 e. The van der Waals surface area contributed by atoms with Gasteiger partial charge in [0.1, 0.15) is 12.4 Å². The Morgan fingerprint density at radius 2 is 1.63 bits per heavy atom. The number of hydrogen-bond donors (Lipinski definition) is 1. The molecule has 0 unspecified atom stereocenters. The van der Waals surface area contributed by atoms with Gasteiger partial charge < -0.3 is 19.2 Å². The predicted molar refractivity (Wildman–Crippen MR) is 153 cm³/mol. The molecule has 1 N–H and O–H groups in total. The highest BCUT2D eigenvalue weighted by Gasteiger charge is 2.48. The monoisotopic (exact) mass is 679 g/mol. The average Bonchev–Trinajstić information content (AvgIpc) is 3.26. The van der Waals surface area contributed by atoms with Crippen molar-refractivity contribution in [3.63, 3.8) is 0 Å². The van der Waals surface area contributed by atoms with Gasteiger partial charge in [-0.05, 0) is 78.9 Å². The van der Waals surface area contributed by atoms with Crippen LogP contribution in [0.5, 0.6) is 5.75 Å². The van der Waals surface area contributed by atoms with Gasteiger partial charge in [0.15, 0.2) is 5.92 Å². The minimum absolute atomic E-state index is 0.246. The Balaban J connectivity index is 1.55. The summed E-state index contributed by atoms with van der Waals surface area (Å²) in [6, 6.07) is 16.7. The van der Waals surface area contributed by atoms with E-state index in [-0.39, 0.29) is 6.61 Å². The predicted octanol–water partition coefficient (Wildman–Crippen LogP) is 8.16. The van der Waals surface area contributed by atoms with Gasteiger partial charge in [0.05, 0.1) is 19.0 Å². The highest BCUT2D eigenvalue weighted by molar-refractivity contribution is 9.11. The zero-order valence-corrected chi connectivity index (χ0v) is 24.9. The van der Waals surface area contributed by atoms with Crippen molar-refractivity contribution in [2.45, 2.75) is 32.2 Å². The molecule has 4 aromatic rings. The summed E-state index contributed by atoms with van der Waals surface area (Å²) in [6.45, 7) is 3.31. The van der Waals surface area contributed by atoms with Gasteiger partial charge in [-0.1, -0.05) is 47.5 Å². The van der Waals surface area contributed by atoms with Crippen molar-refractivity contribution in [2.75, 3.05) is 0 Å². The van der Waals surface area contributed by atoms with Crippen molar-refractivity contribution in [1.29, 1.82) is 0 Å². The molecule has 1 fully saturated rings. The lowest BCUT2D eigenvalue weighted by Crippen LogP contribution is -2.48. The molecule has 0 spiro atoms. The molecule has 1 aliphatic heterocycles. The van der Waals surface area contributed by atoms with E-state index in [2.05, 4.69) is 36.8 Å². The third kappa shape index (κ3) is 5.32. The standard InChI is InChI=1S/C28H21Br2Cl2NO5/c1-28(2)37-26(34)24(27(35)38-28)23(17-12-33-22-6-4-3-5-16(17)22)15-10-18(29)25(19(30)11-15)36-13-14-7-8-20(31)21(32)9-14/h3-12,23-24,33H,13H2,1-2H3/t23-/m1/s1. The number of carbonyl (C=O) groups is 2. The minimum atomic E-state index is -1.33. The first-order chi connectivity index (χ1) is 18.0. The number of H-pyrrole nitrogens is 1. The lowest BCUT2D eigenvalue weighted by Gasteiger charge is -2.36. The van der Waals surface area contributed by atoms with Crippen molar-refractivity contribution < 1.29 is 23.8 Å². The number of rotatable bonds is 6. The Hall–Kier alpha value is -2.52. The van der Waals surface area contributed by atoms with Crippen LogP contribution in [0.4, 0.5) is 0 Å². The molecule has 5 rings (SSSR count). The van der Waals surface area contributed by atoms with Crippen LogP contribution in [0.25, 0.3) is 10.9 Å². The van der Waals surface area contributed by atoms with Gasteiger partial charge in [-0.2, -0.15) is 0 Å². The van der Waals surface area contributed by atoms with Gasteiger partial charge >= 0.3 is 11.9 Å². The van der Waals surface area contributed by atoms with E-state index in [0.717, 1.165) is 22.0 Å². The molecule has 1 saturated heterocycles. The van der Waals surface area contributed by atoms with Crippen LogP contribution in [0.1, 0.15) is 36.5 Å². The van der Waals surface area contributed by atoms with E-state index in [1.54, 1.807) is 12.1 Å². The third-order valence-electron chi connectivity index (χ3n) is 6.24. The fourth-order valence-corrected chi connectivity index (χ4v) is 6.36. The first-order valence-corrected chi connectivity index (χ1v) is 14.0. The number of aromatic amines is 1. The number of fused-ring (bicyclic) bond motifs is 1. The Kier molecular flexibility index (Phi) is 7.52. The maximum atomic E-state index is 13.2. The van der Waals surface area contributed by atoms with Crippen molar-refractivity contribution in [3.8, 4) is 5.75 Å². The van der Waals surface area contributed by atoms with Crippen LogP contribution >= 0.6 is 55.1 Å². The lowest BCUT2D eigenvalue weighted by molar-refractivity contribution is -0.240. The number of esters is 2. The molecule has 1 aliphatic rings. The highest BCUT2D eigenvalue weighted by Crippen LogP contribution is 2.45. The number of para-hydroxylation sites is 1. The third-order valence-corrected chi connectivity index (χ3v) is 8.15. The van der Waals surface area contributed by atoms with E-state index in [4.69, 9.17) is 37.4 Å². The molecular weight excluding hydrogens is 661 g/mol. The molecule has 0 bridgehead atoms. The average molecular weight is 682 g/mol. The Bertz CT molecular complexity index is 1530. The van der Waals surface area contributed by atoms with E-state index >= 15 is 0 Å². The number of benzene rings is 3. The summed E-state index contributed by atoms with van der Waals surface area (Å²) in [5.41, 5.74) is 3.18. The second-order valence-corrected chi connectivity index (χ2v) is 11.9. The van der Waals surface area contributed by atoms with Gasteiger partial charge in [0.2, 0.25) is 0 Å². The van der Waals surface area contributed by atoms with E-state index in [9.17, 15) is 9.59 Å². The smallest absolute Gasteiger partial charge is 0.324 e. The number of cyclic esters (lactones) is 2. The van der Waals surface area contributed by atoms with Crippen LogP contribution < -0.4 is 4.74 Å². The second kappa shape index (κ2) is 10.6. The van der Waals surface area contributed by atoms with Gasteiger partial charge in [-0.25, -0.2) is 0 Å². The number of ether oxygens (including phenoxy) is 3. The van der Waals surface area contributed by atoms with E-state index in [1.807, 2.05) is 48.7 Å². The molecule has 3 aromatic carbocycles. The zero-order chi connectivity index (χ0) is 27.2. The van der Waals surface area contributed by atoms with Gasteiger partial charge in [0.25, 0.3) is 5.79 Å². The van der Waals surface area contributed by atoms with Gasteiger partial charge in [-0.15, -0.1) is 0 Å². The summed E-state index contributed by atoms with van der Waals surface area (Å²) in [4.78, 5) is 29.7. The molecule has 0 radical (unpaired) electrons. The quantitative estimate of drug-likeness (QED) is 0.164. The largest absolute Gasteiger partial charge is 0.487 e. The summed E-state index contributed by atoms with van der Waals surface area (Å²) >= 11 is 19.4. The molecule has 1 aromatic heterocycles. The fraction of sp³-hybridized carbons (Fsp3) is 0.214. The molecule has 0 aliphatic carbocycles. The van der Waals surface area contributed by atoms with Crippen molar-refractivity contribution in [3.05, 3.63) is 96.5 Å². The van der Waals surface area contributed by atoms with Crippen LogP contribution in [0, 0.1) is 5.92 Å². The highest BCUT2D eigenvalue weighted by atomic mass is 79.9. The molecular formula is C28H21Br2Cl2NO5. The molecule has 1 atom stereocenters. The first kappa shape index (κ1) is 27.1. The number of hydrogen-bond acceptors (Lipinski definition) is 5. The number of nitrogens with one attached hydrogen (secondary N) is 1. The number of halogens is 4. The maximum Gasteiger partial charge on any atom is 0.324 e. The van der Waals surface area contributed by atoms with Crippen LogP contribution in [0.2, 0.25) is 10.0 Å². The van der Waals surface area contributed by atoms with Crippen LogP contribution in [-0.4, -0.2) is 22.7 Å². The Morgan fingerprint density at radius 3 is 2.29 bits per heavy atom. The SMILES string of the molecule is CC1(C)OC(=O)C([C@H](c2cc(Br)c(OCc3ccc(Cl)c(Cl)c3)c(Br)c2)c2c[nH]c3ccccc23)C(=O)O1. The molecule has 0 saturated carbocycles. The van der Waals surface area contributed by atoms with E-state index < -0.39 is 29.6 Å². The number of carbonyl (C=O) groups excluding carboxylic acids is 2. The van der Waals surface area contributed by atoms with Crippen LogP contribution in [-0.2, 0) is 25.7 Å². The molecule has 2 heterocycles. The van der Waals surface area contributed by atoms with Crippen molar-refractivity contribution in [2.24, 2.45) is 5.92 Å². The first-order valence-electron chi connectivity index (χ1n) is 11.6. The zero-order valence-electron chi connectivity index (χ0n) is 20.2. The van der Waals surface area contributed by atoms with Crippen molar-refractivity contribution >= 4 is 77.9 Å². The summed E-state index contributed by atoms with van der Waals surface area (Å²) in [7, 11) is 0. The van der Waals surface area contributed by atoms with Crippen LogP contribution in [0.3, 0.4) is 0 Å². The normalized spacial score (nSPS) is 16.3. The molecule has 0 amide bonds. The van der Waals surface area contributed by atoms with Gasteiger partial charge in [-0.3, -0.25) is 9.59 Å². The maximum absolute atomic E-state index is 13.2. The summed E-state index contributed by atoms with van der Waals surface area (Å²) in [5, 5.41) is 1.79. The van der Waals surface area contributed by atoms with Crippen LogP contribution in [0.15, 0.2) is 69.7 Å². The topological polar surface area (TPSA) is 77.6 Å². The van der Waals surface area contributed by atoms with Gasteiger partial charge in [0, 0.05) is 36.9 Å². The van der Waals surface area contributed by atoms with Crippen molar-refractivity contribution in [1.82, 2.24) is 4.98 Å². The summed E-state index contributed by atoms with van der Waals surface area (Å²) in [6.07, 6.45) is 1.81. The summed E-state index contributed by atoms with van der Waals surface area (Å²) < 4.78 is 18.3. The molecule has 6 nitrogen and oxygen atoms in total. The Labute approximate surface area is 245 Å². The summed E-state index contributed by atoms with van der Waals surface area (Å²) in [5.74, 6) is -3.98.